The number of carbonyl (C=O) groups is 1. The summed E-state index contributed by atoms with van der Waals surface area (Å²) in [5.41, 5.74) is 3.96. The zero-order valence-electron chi connectivity index (χ0n) is 12.2. The minimum absolute atomic E-state index is 0.0177. The van der Waals surface area contributed by atoms with Crippen molar-refractivity contribution in [3.8, 4) is 11.3 Å². The number of nitrogens with zero attached hydrogens (tertiary/aromatic N) is 4. The van der Waals surface area contributed by atoms with Crippen molar-refractivity contribution >= 4 is 17.4 Å². The Bertz CT molecular complexity index is 942. The van der Waals surface area contributed by atoms with Gasteiger partial charge in [-0.05, 0) is 12.0 Å². The molecule has 0 amide bonds. The molecule has 0 bridgehead atoms. The highest BCUT2D eigenvalue weighted by Gasteiger charge is 2.41. The molecule has 0 saturated carbocycles. The molecule has 0 radical (unpaired) electrons. The smallest absolute Gasteiger partial charge is 0.187 e. The molecule has 0 spiro atoms. The van der Waals surface area contributed by atoms with Crippen LogP contribution >= 0.6 is 11.6 Å². The maximum absolute atomic E-state index is 13.0. The molecule has 5 rings (SSSR count). The summed E-state index contributed by atoms with van der Waals surface area (Å²) in [5.74, 6) is -0.0756. The Hall–Kier alpha value is -2.40. The number of imidazole rings is 1. The molecule has 4 heterocycles. The summed E-state index contributed by atoms with van der Waals surface area (Å²) in [6, 6.07) is 8.22. The first kappa shape index (κ1) is 13.1. The third-order valence-electron chi connectivity index (χ3n) is 4.92. The molecule has 2 aliphatic rings. The van der Waals surface area contributed by atoms with Gasteiger partial charge in [0.25, 0.3) is 0 Å². The minimum Gasteiger partial charge on any atom is -0.322 e. The Morgan fingerprint density at radius 1 is 1.22 bits per heavy atom. The largest absolute Gasteiger partial charge is 0.322 e. The van der Waals surface area contributed by atoms with E-state index in [1.165, 1.54) is 5.56 Å². The third-order valence-corrected chi connectivity index (χ3v) is 5.20. The predicted octanol–water partition coefficient (Wildman–Crippen LogP) is 3.21. The molecule has 0 saturated heterocycles. The average Bonchev–Trinajstić information content (AvgIpc) is 3.23. The summed E-state index contributed by atoms with van der Waals surface area (Å²) in [6.07, 6.45) is 5.99. The van der Waals surface area contributed by atoms with Crippen LogP contribution in [0.3, 0.4) is 0 Å². The Labute approximate surface area is 137 Å². The number of rotatable bonds is 1. The fourth-order valence-electron chi connectivity index (χ4n) is 3.93. The number of benzene rings is 1. The van der Waals surface area contributed by atoms with Crippen molar-refractivity contribution in [3.05, 3.63) is 59.3 Å². The second kappa shape index (κ2) is 4.55. The number of Topliss-reactive ketones (excluding diaryl/α,β-unsaturated/α-hetero) is 1. The molecule has 1 aromatic carbocycles. The predicted molar refractivity (Wildman–Crippen MR) is 85.5 cm³/mol. The normalized spacial score (nSPS) is 21.9. The fourth-order valence-corrected chi connectivity index (χ4v) is 4.16. The molecule has 2 aromatic heterocycles. The summed E-state index contributed by atoms with van der Waals surface area (Å²) in [4.78, 5) is 17.3. The van der Waals surface area contributed by atoms with Crippen molar-refractivity contribution in [2.24, 2.45) is 5.92 Å². The van der Waals surface area contributed by atoms with Crippen LogP contribution in [0.15, 0.2) is 43.0 Å². The fraction of sp³-hybridized carbons (Fsp3) is 0.235. The van der Waals surface area contributed by atoms with Gasteiger partial charge >= 0.3 is 0 Å². The molecule has 5 nitrogen and oxygen atoms in total. The van der Waals surface area contributed by atoms with Gasteiger partial charge in [0.2, 0.25) is 0 Å². The van der Waals surface area contributed by atoms with E-state index in [0.717, 1.165) is 17.7 Å². The van der Waals surface area contributed by atoms with Crippen molar-refractivity contribution in [1.82, 2.24) is 19.3 Å². The number of ketones is 1. The highest BCUT2D eigenvalue weighted by Crippen LogP contribution is 2.45. The van der Waals surface area contributed by atoms with Crippen LogP contribution in [0.2, 0.25) is 5.02 Å². The summed E-state index contributed by atoms with van der Waals surface area (Å²) >= 11 is 6.18. The minimum atomic E-state index is -0.145. The highest BCUT2D eigenvalue weighted by molar-refractivity contribution is 6.33. The number of aromatic nitrogens is 4. The van der Waals surface area contributed by atoms with E-state index >= 15 is 0 Å². The first-order valence-corrected chi connectivity index (χ1v) is 8.00. The lowest BCUT2D eigenvalue weighted by atomic mass is 9.84. The van der Waals surface area contributed by atoms with Gasteiger partial charge in [0, 0.05) is 12.1 Å². The van der Waals surface area contributed by atoms with Gasteiger partial charge in [-0.3, -0.25) is 9.48 Å². The lowest BCUT2D eigenvalue weighted by Crippen LogP contribution is -2.33. The Morgan fingerprint density at radius 3 is 3.00 bits per heavy atom. The van der Waals surface area contributed by atoms with Gasteiger partial charge in [-0.1, -0.05) is 35.9 Å². The standard InChI is InChI=1S/C17H13ClN4O/c18-13-7-20-22-6-5-12(17(23)16(13)22)15-11-4-2-1-3-10(11)14-8-19-9-21(14)15/h1-4,7-9,12,15H,5-6H2. The Morgan fingerprint density at radius 2 is 2.09 bits per heavy atom. The zero-order valence-corrected chi connectivity index (χ0v) is 12.9. The summed E-state index contributed by atoms with van der Waals surface area (Å²) in [6.45, 7) is 0.709. The molecule has 3 aromatic rings. The molecule has 114 valence electrons. The van der Waals surface area contributed by atoms with Crippen LogP contribution in [0.4, 0.5) is 0 Å². The van der Waals surface area contributed by atoms with Crippen molar-refractivity contribution in [2.75, 3.05) is 0 Å². The quantitative estimate of drug-likeness (QED) is 0.690. The van der Waals surface area contributed by atoms with Crippen LogP contribution in [0.5, 0.6) is 0 Å². The van der Waals surface area contributed by atoms with Gasteiger partial charge < -0.3 is 4.57 Å². The van der Waals surface area contributed by atoms with Crippen molar-refractivity contribution in [3.63, 3.8) is 0 Å². The third kappa shape index (κ3) is 1.65. The highest BCUT2D eigenvalue weighted by atomic mass is 35.5. The van der Waals surface area contributed by atoms with E-state index in [1.54, 1.807) is 10.9 Å². The van der Waals surface area contributed by atoms with Gasteiger partial charge in [-0.15, -0.1) is 0 Å². The van der Waals surface area contributed by atoms with E-state index in [4.69, 9.17) is 11.6 Å². The first-order chi connectivity index (χ1) is 11.3. The average molecular weight is 325 g/mol. The molecule has 2 unspecified atom stereocenters. The van der Waals surface area contributed by atoms with Gasteiger partial charge in [0.15, 0.2) is 5.78 Å². The maximum Gasteiger partial charge on any atom is 0.187 e. The van der Waals surface area contributed by atoms with E-state index in [1.807, 2.05) is 24.7 Å². The van der Waals surface area contributed by atoms with Crippen LogP contribution in [0, 0.1) is 5.92 Å². The van der Waals surface area contributed by atoms with E-state index in [2.05, 4.69) is 26.8 Å². The monoisotopic (exact) mass is 324 g/mol. The maximum atomic E-state index is 13.0. The zero-order chi connectivity index (χ0) is 15.6. The number of carbonyl (C=O) groups excluding carboxylic acids is 1. The number of fused-ring (bicyclic) bond motifs is 4. The molecule has 0 aliphatic carbocycles. The lowest BCUT2D eigenvalue weighted by molar-refractivity contribution is 0.0840. The topological polar surface area (TPSA) is 52.7 Å². The second-order valence-corrected chi connectivity index (χ2v) is 6.45. The summed E-state index contributed by atoms with van der Waals surface area (Å²) in [7, 11) is 0. The van der Waals surface area contributed by atoms with E-state index in [0.29, 0.717) is 17.3 Å². The van der Waals surface area contributed by atoms with Crippen molar-refractivity contribution in [1.29, 1.82) is 0 Å². The number of hydrogen-bond acceptors (Lipinski definition) is 3. The SMILES string of the molecule is O=C1c2c(Cl)cnn2CCC1C1c2ccccc2-c2cncn21. The van der Waals surface area contributed by atoms with Gasteiger partial charge in [0.05, 0.1) is 41.4 Å². The number of aryl methyl sites for hydroxylation is 1. The molecule has 0 N–H and O–H groups in total. The van der Waals surface area contributed by atoms with E-state index in [9.17, 15) is 4.79 Å². The number of halogens is 1. The van der Waals surface area contributed by atoms with Crippen LogP contribution in [-0.4, -0.2) is 25.1 Å². The van der Waals surface area contributed by atoms with Gasteiger partial charge in [-0.2, -0.15) is 5.10 Å². The first-order valence-electron chi connectivity index (χ1n) is 7.62. The Balaban J connectivity index is 1.66. The molecule has 2 aliphatic heterocycles. The van der Waals surface area contributed by atoms with Crippen molar-refractivity contribution in [2.45, 2.75) is 19.0 Å². The second-order valence-electron chi connectivity index (χ2n) is 6.04. The van der Waals surface area contributed by atoms with Crippen molar-refractivity contribution < 1.29 is 4.79 Å². The van der Waals surface area contributed by atoms with Crippen LogP contribution in [0.25, 0.3) is 11.3 Å². The van der Waals surface area contributed by atoms with Crippen LogP contribution in [0.1, 0.15) is 28.5 Å². The molecular weight excluding hydrogens is 312 g/mol. The molecule has 2 atom stereocenters. The van der Waals surface area contributed by atoms with E-state index in [-0.39, 0.29) is 17.7 Å². The molecule has 23 heavy (non-hydrogen) atoms. The number of hydrogen-bond donors (Lipinski definition) is 0. The van der Waals surface area contributed by atoms with Crippen LogP contribution < -0.4 is 0 Å². The molecule has 6 heteroatoms. The summed E-state index contributed by atoms with van der Waals surface area (Å²) < 4.78 is 3.84. The molecule has 0 fully saturated rings. The lowest BCUT2D eigenvalue weighted by Gasteiger charge is -2.28. The van der Waals surface area contributed by atoms with E-state index < -0.39 is 0 Å². The van der Waals surface area contributed by atoms with Crippen LogP contribution in [-0.2, 0) is 6.54 Å². The van der Waals surface area contributed by atoms with Gasteiger partial charge in [0.1, 0.15) is 5.69 Å². The molecular formula is C17H13ClN4O. The van der Waals surface area contributed by atoms with Gasteiger partial charge in [-0.25, -0.2) is 4.98 Å². The summed E-state index contributed by atoms with van der Waals surface area (Å²) in [5, 5.41) is 4.63. The Kier molecular flexibility index (Phi) is 2.59.